The maximum atomic E-state index is 13.6. The molecule has 0 aliphatic heterocycles. The van der Waals surface area contributed by atoms with Crippen molar-refractivity contribution in [1.29, 1.82) is 0 Å². The summed E-state index contributed by atoms with van der Waals surface area (Å²) in [7, 11) is 0. The zero-order valence-corrected chi connectivity index (χ0v) is 15.9. The SMILES string of the molecule is Cc1ccc(C(=O)OCc2nc3sc4c(c3c(=O)[nH]2)CC[C@H](C)C4)cc1F. The Kier molecular flexibility index (Phi) is 4.55. The molecule has 0 radical (unpaired) electrons. The quantitative estimate of drug-likeness (QED) is 0.693. The van der Waals surface area contributed by atoms with E-state index >= 15 is 0 Å². The Morgan fingerprint density at radius 3 is 3.04 bits per heavy atom. The number of hydrogen-bond acceptors (Lipinski definition) is 5. The van der Waals surface area contributed by atoms with Gasteiger partial charge in [0, 0.05) is 4.88 Å². The van der Waals surface area contributed by atoms with E-state index in [2.05, 4.69) is 16.9 Å². The van der Waals surface area contributed by atoms with Crippen LogP contribution in [0.5, 0.6) is 0 Å². The molecule has 1 aliphatic rings. The summed E-state index contributed by atoms with van der Waals surface area (Å²) in [5, 5.41) is 0.664. The van der Waals surface area contributed by atoms with Gasteiger partial charge in [0.2, 0.25) is 0 Å². The number of carbonyl (C=O) groups is 1. The molecule has 1 aromatic carbocycles. The highest BCUT2D eigenvalue weighted by molar-refractivity contribution is 7.18. The third kappa shape index (κ3) is 3.39. The fourth-order valence-corrected chi connectivity index (χ4v) is 4.80. The zero-order valence-electron chi connectivity index (χ0n) is 15.1. The number of halogens is 1. The Morgan fingerprint density at radius 1 is 1.44 bits per heavy atom. The van der Waals surface area contributed by atoms with Gasteiger partial charge in [0.25, 0.3) is 5.56 Å². The van der Waals surface area contributed by atoms with E-state index in [9.17, 15) is 14.0 Å². The van der Waals surface area contributed by atoms with Gasteiger partial charge in [-0.2, -0.15) is 0 Å². The molecule has 0 saturated heterocycles. The number of thiophene rings is 1. The molecule has 0 bridgehead atoms. The summed E-state index contributed by atoms with van der Waals surface area (Å²) >= 11 is 1.54. The maximum Gasteiger partial charge on any atom is 0.338 e. The van der Waals surface area contributed by atoms with Crippen LogP contribution in [-0.4, -0.2) is 15.9 Å². The third-order valence-electron chi connectivity index (χ3n) is 4.96. The molecule has 4 rings (SSSR count). The molecule has 0 saturated carbocycles. The predicted octanol–water partition coefficient (Wildman–Crippen LogP) is 3.91. The number of aryl methyl sites for hydroxylation is 2. The second-order valence-electron chi connectivity index (χ2n) is 7.08. The van der Waals surface area contributed by atoms with E-state index in [1.54, 1.807) is 18.3 Å². The second kappa shape index (κ2) is 6.88. The second-order valence-corrected chi connectivity index (χ2v) is 8.17. The largest absolute Gasteiger partial charge is 0.454 e. The summed E-state index contributed by atoms with van der Waals surface area (Å²) in [5.41, 5.74) is 1.50. The van der Waals surface area contributed by atoms with Crippen LogP contribution in [0.15, 0.2) is 23.0 Å². The minimum atomic E-state index is -0.657. The Balaban J connectivity index is 1.57. The van der Waals surface area contributed by atoms with E-state index in [1.807, 2.05) is 0 Å². The Labute approximate surface area is 159 Å². The molecule has 140 valence electrons. The molecule has 1 N–H and O–H groups in total. The first-order chi connectivity index (χ1) is 12.9. The molecular weight excluding hydrogens is 367 g/mol. The average molecular weight is 386 g/mol. The monoisotopic (exact) mass is 386 g/mol. The molecule has 1 atom stereocenters. The van der Waals surface area contributed by atoms with E-state index in [0.29, 0.717) is 27.5 Å². The summed E-state index contributed by atoms with van der Waals surface area (Å²) in [4.78, 5) is 33.8. The average Bonchev–Trinajstić information content (AvgIpc) is 2.99. The molecule has 27 heavy (non-hydrogen) atoms. The first-order valence-corrected chi connectivity index (χ1v) is 9.70. The van der Waals surface area contributed by atoms with Crippen LogP contribution in [0.4, 0.5) is 4.39 Å². The standard InChI is InChI=1S/C20H19FN2O3S/c1-10-3-6-13-15(7-10)27-19-17(13)18(24)22-16(23-19)9-26-20(25)12-5-4-11(2)14(21)8-12/h4-5,8,10H,3,6-7,9H2,1-2H3,(H,22,23,24)/t10-/m0/s1. The first-order valence-electron chi connectivity index (χ1n) is 8.89. The van der Waals surface area contributed by atoms with Crippen LogP contribution < -0.4 is 5.56 Å². The number of nitrogens with zero attached hydrogens (tertiary/aromatic N) is 1. The van der Waals surface area contributed by atoms with E-state index < -0.39 is 11.8 Å². The number of esters is 1. The van der Waals surface area contributed by atoms with Crippen molar-refractivity contribution in [1.82, 2.24) is 9.97 Å². The van der Waals surface area contributed by atoms with Gasteiger partial charge < -0.3 is 9.72 Å². The molecule has 0 spiro atoms. The molecule has 0 amide bonds. The minimum absolute atomic E-state index is 0.127. The number of rotatable bonds is 3. The van der Waals surface area contributed by atoms with Crippen molar-refractivity contribution in [2.75, 3.05) is 0 Å². The molecule has 1 aliphatic carbocycles. The summed E-state index contributed by atoms with van der Waals surface area (Å²) in [6.45, 7) is 3.66. The molecule has 5 nitrogen and oxygen atoms in total. The topological polar surface area (TPSA) is 72.0 Å². The summed E-state index contributed by atoms with van der Waals surface area (Å²) in [6.07, 6.45) is 2.94. The smallest absolute Gasteiger partial charge is 0.338 e. The predicted molar refractivity (Wildman–Crippen MR) is 102 cm³/mol. The highest BCUT2D eigenvalue weighted by Crippen LogP contribution is 2.35. The number of fused-ring (bicyclic) bond motifs is 3. The van der Waals surface area contributed by atoms with Gasteiger partial charge in [0.05, 0.1) is 10.9 Å². The van der Waals surface area contributed by atoms with Crippen molar-refractivity contribution < 1.29 is 13.9 Å². The summed E-state index contributed by atoms with van der Waals surface area (Å²) in [5.74, 6) is -0.216. The first kappa shape index (κ1) is 17.9. The van der Waals surface area contributed by atoms with E-state index in [1.165, 1.54) is 17.0 Å². The Bertz CT molecular complexity index is 1100. The minimum Gasteiger partial charge on any atom is -0.454 e. The van der Waals surface area contributed by atoms with Gasteiger partial charge in [-0.1, -0.05) is 13.0 Å². The lowest BCUT2D eigenvalue weighted by molar-refractivity contribution is 0.0462. The fourth-order valence-electron chi connectivity index (χ4n) is 3.40. The lowest BCUT2D eigenvalue weighted by atomic mass is 9.89. The van der Waals surface area contributed by atoms with Crippen molar-refractivity contribution in [2.45, 2.75) is 39.7 Å². The van der Waals surface area contributed by atoms with Crippen LogP contribution in [0.3, 0.4) is 0 Å². The van der Waals surface area contributed by atoms with Crippen molar-refractivity contribution in [3.8, 4) is 0 Å². The van der Waals surface area contributed by atoms with Crippen molar-refractivity contribution in [2.24, 2.45) is 5.92 Å². The highest BCUT2D eigenvalue weighted by atomic mass is 32.1. The lowest BCUT2D eigenvalue weighted by Gasteiger charge is -2.17. The Morgan fingerprint density at radius 2 is 2.26 bits per heavy atom. The van der Waals surface area contributed by atoms with E-state index in [-0.39, 0.29) is 17.7 Å². The van der Waals surface area contributed by atoms with Gasteiger partial charge in [0.1, 0.15) is 23.1 Å². The third-order valence-corrected chi connectivity index (χ3v) is 6.11. The molecular formula is C20H19FN2O3S. The van der Waals surface area contributed by atoms with Crippen molar-refractivity contribution in [3.63, 3.8) is 0 Å². The van der Waals surface area contributed by atoms with E-state index in [4.69, 9.17) is 4.74 Å². The van der Waals surface area contributed by atoms with Gasteiger partial charge in [-0.25, -0.2) is 14.2 Å². The van der Waals surface area contributed by atoms with Crippen LogP contribution >= 0.6 is 11.3 Å². The lowest BCUT2D eigenvalue weighted by Crippen LogP contribution is -2.16. The van der Waals surface area contributed by atoms with Crippen LogP contribution in [0.1, 0.15) is 45.5 Å². The number of aromatic amines is 1. The maximum absolute atomic E-state index is 13.6. The van der Waals surface area contributed by atoms with Gasteiger partial charge in [-0.05, 0) is 55.4 Å². The molecule has 0 fully saturated rings. The summed E-state index contributed by atoms with van der Waals surface area (Å²) < 4.78 is 18.8. The van der Waals surface area contributed by atoms with Gasteiger partial charge in [-0.15, -0.1) is 11.3 Å². The van der Waals surface area contributed by atoms with Crippen LogP contribution in [0.25, 0.3) is 10.2 Å². The van der Waals surface area contributed by atoms with Gasteiger partial charge in [-0.3, -0.25) is 4.79 Å². The number of H-pyrrole nitrogens is 1. The normalized spacial score (nSPS) is 16.3. The van der Waals surface area contributed by atoms with Gasteiger partial charge in [0.15, 0.2) is 0 Å². The van der Waals surface area contributed by atoms with Crippen molar-refractivity contribution in [3.05, 3.63) is 61.8 Å². The number of nitrogens with one attached hydrogen (secondary N) is 1. The fraction of sp³-hybridized carbons (Fsp3) is 0.350. The van der Waals surface area contributed by atoms with Crippen molar-refractivity contribution >= 4 is 27.5 Å². The molecule has 2 heterocycles. The molecule has 2 aromatic heterocycles. The van der Waals surface area contributed by atoms with Crippen LogP contribution in [0.2, 0.25) is 0 Å². The van der Waals surface area contributed by atoms with E-state index in [0.717, 1.165) is 30.9 Å². The number of benzene rings is 1. The van der Waals surface area contributed by atoms with Gasteiger partial charge >= 0.3 is 5.97 Å². The Hall–Kier alpha value is -2.54. The van der Waals surface area contributed by atoms with Crippen LogP contribution in [-0.2, 0) is 24.2 Å². The zero-order chi connectivity index (χ0) is 19.1. The molecule has 3 aromatic rings. The molecule has 7 heteroatoms. The van der Waals surface area contributed by atoms with Crippen LogP contribution in [0, 0.1) is 18.7 Å². The molecule has 0 unspecified atom stereocenters. The number of hydrogen-bond donors (Lipinski definition) is 1. The highest BCUT2D eigenvalue weighted by Gasteiger charge is 2.23. The number of carbonyl (C=O) groups excluding carboxylic acids is 1. The summed E-state index contributed by atoms with van der Waals surface area (Å²) in [6, 6.07) is 4.18. The number of ether oxygens (including phenoxy) is 1. The number of aromatic nitrogens is 2.